The molecule has 0 radical (unpaired) electrons. The second-order valence-corrected chi connectivity index (χ2v) is 6.74. The van der Waals surface area contributed by atoms with Crippen molar-refractivity contribution in [2.24, 2.45) is 0 Å². The van der Waals surface area contributed by atoms with Crippen LogP contribution in [0.3, 0.4) is 0 Å². The van der Waals surface area contributed by atoms with E-state index in [1.807, 2.05) is 14.0 Å². The summed E-state index contributed by atoms with van der Waals surface area (Å²) in [4.78, 5) is 12.1. The van der Waals surface area contributed by atoms with Gasteiger partial charge in [-0.05, 0) is 26.0 Å². The molecule has 2 heterocycles. The number of rotatable bonds is 3. The second kappa shape index (κ2) is 5.46. The molecule has 0 aliphatic heterocycles. The van der Waals surface area contributed by atoms with Gasteiger partial charge < -0.3 is 10.6 Å². The van der Waals surface area contributed by atoms with E-state index in [0.29, 0.717) is 5.13 Å². The molecule has 0 aliphatic carbocycles. The highest BCUT2D eigenvalue weighted by Gasteiger charge is 2.14. The zero-order valence-corrected chi connectivity index (χ0v) is 13.8. The average Bonchev–Trinajstić information content (AvgIpc) is 3.05. The van der Waals surface area contributed by atoms with Gasteiger partial charge in [0.25, 0.3) is 0 Å². The molecule has 0 fully saturated rings. The summed E-state index contributed by atoms with van der Waals surface area (Å²) in [7, 11) is 2.03. The summed E-state index contributed by atoms with van der Waals surface area (Å²) in [6.07, 6.45) is 0. The summed E-state index contributed by atoms with van der Waals surface area (Å²) >= 11 is 3.10. The van der Waals surface area contributed by atoms with Crippen molar-refractivity contribution < 1.29 is 0 Å². The first-order valence-electron chi connectivity index (χ1n) is 6.54. The number of nitrogens with two attached hydrogens (primary N) is 1. The van der Waals surface area contributed by atoms with E-state index < -0.39 is 0 Å². The van der Waals surface area contributed by atoms with Crippen LogP contribution >= 0.6 is 22.7 Å². The van der Waals surface area contributed by atoms with Crippen LogP contribution in [0.5, 0.6) is 0 Å². The molecule has 0 unspecified atom stereocenters. The molecule has 0 bridgehead atoms. The van der Waals surface area contributed by atoms with Gasteiger partial charge in [-0.15, -0.1) is 11.3 Å². The smallest absolute Gasteiger partial charge is 0.190 e. The fourth-order valence-electron chi connectivity index (χ4n) is 2.06. The molecule has 0 atom stereocenters. The summed E-state index contributed by atoms with van der Waals surface area (Å²) in [5.74, 6) is 0. The molecule has 3 rings (SSSR count). The Morgan fingerprint density at radius 2 is 1.81 bits per heavy atom. The molecular weight excluding hydrogens is 300 g/mol. The lowest BCUT2D eigenvalue weighted by Crippen LogP contribution is -2.08. The second-order valence-electron chi connectivity index (χ2n) is 4.88. The van der Waals surface area contributed by atoms with Crippen molar-refractivity contribution in [3.63, 3.8) is 0 Å². The first-order chi connectivity index (χ1) is 10.0. The predicted molar refractivity (Wildman–Crippen MR) is 91.6 cm³/mol. The van der Waals surface area contributed by atoms with E-state index in [4.69, 9.17) is 10.7 Å². The van der Waals surface area contributed by atoms with Crippen molar-refractivity contribution in [1.29, 1.82) is 0 Å². The minimum Gasteiger partial charge on any atom is -0.375 e. The number of nitrogen functional groups attached to an aromatic ring is 1. The third kappa shape index (κ3) is 2.77. The van der Waals surface area contributed by atoms with Gasteiger partial charge in [0.1, 0.15) is 0 Å². The Kier molecular flexibility index (Phi) is 3.65. The molecule has 0 saturated carbocycles. The molecule has 6 heteroatoms. The Balaban J connectivity index is 1.91. The SMILES string of the molecule is Cc1ccc(N(C)c2nc(-c3sc(N)nc3C)cs2)cc1. The molecular formula is C15H16N4S2. The molecule has 0 saturated heterocycles. The number of anilines is 3. The average molecular weight is 316 g/mol. The summed E-state index contributed by atoms with van der Waals surface area (Å²) in [5.41, 5.74) is 10.0. The maximum atomic E-state index is 5.76. The van der Waals surface area contributed by atoms with Crippen LogP contribution in [-0.2, 0) is 0 Å². The van der Waals surface area contributed by atoms with Crippen molar-refractivity contribution in [3.05, 3.63) is 40.9 Å². The van der Waals surface area contributed by atoms with Crippen LogP contribution in [-0.4, -0.2) is 17.0 Å². The van der Waals surface area contributed by atoms with E-state index in [9.17, 15) is 0 Å². The van der Waals surface area contributed by atoms with E-state index in [2.05, 4.69) is 46.5 Å². The molecule has 4 nitrogen and oxygen atoms in total. The Labute approximate surface area is 131 Å². The van der Waals surface area contributed by atoms with Gasteiger partial charge >= 0.3 is 0 Å². The van der Waals surface area contributed by atoms with Crippen LogP contribution in [0.25, 0.3) is 10.6 Å². The van der Waals surface area contributed by atoms with Gasteiger partial charge in [0.15, 0.2) is 10.3 Å². The zero-order chi connectivity index (χ0) is 15.0. The summed E-state index contributed by atoms with van der Waals surface area (Å²) in [5, 5.41) is 3.60. The quantitative estimate of drug-likeness (QED) is 0.785. The van der Waals surface area contributed by atoms with Crippen LogP contribution in [0.4, 0.5) is 16.0 Å². The van der Waals surface area contributed by atoms with Crippen molar-refractivity contribution >= 4 is 38.6 Å². The maximum Gasteiger partial charge on any atom is 0.190 e. The van der Waals surface area contributed by atoms with Crippen LogP contribution < -0.4 is 10.6 Å². The lowest BCUT2D eigenvalue weighted by Gasteiger charge is -2.15. The van der Waals surface area contributed by atoms with Crippen molar-refractivity contribution in [3.8, 4) is 10.6 Å². The Morgan fingerprint density at radius 3 is 2.43 bits per heavy atom. The van der Waals surface area contributed by atoms with Gasteiger partial charge in [-0.2, -0.15) is 0 Å². The number of hydrogen-bond acceptors (Lipinski definition) is 6. The zero-order valence-electron chi connectivity index (χ0n) is 12.1. The molecule has 108 valence electrons. The third-order valence-corrected chi connectivity index (χ3v) is 5.17. The molecule has 2 N–H and O–H groups in total. The Bertz CT molecular complexity index is 758. The Morgan fingerprint density at radius 1 is 1.10 bits per heavy atom. The minimum atomic E-state index is 0.587. The van der Waals surface area contributed by atoms with Gasteiger partial charge in [0, 0.05) is 18.1 Å². The van der Waals surface area contributed by atoms with Gasteiger partial charge in [-0.1, -0.05) is 29.0 Å². The molecule has 0 spiro atoms. The summed E-state index contributed by atoms with van der Waals surface area (Å²) in [6.45, 7) is 4.05. The van der Waals surface area contributed by atoms with Crippen LogP contribution in [0.15, 0.2) is 29.6 Å². The fourth-order valence-corrected chi connectivity index (χ4v) is 3.73. The van der Waals surface area contributed by atoms with E-state index in [1.54, 1.807) is 11.3 Å². The van der Waals surface area contributed by atoms with Crippen molar-refractivity contribution in [1.82, 2.24) is 9.97 Å². The minimum absolute atomic E-state index is 0.587. The number of hydrogen-bond donors (Lipinski definition) is 1. The lowest BCUT2D eigenvalue weighted by atomic mass is 10.2. The lowest BCUT2D eigenvalue weighted by molar-refractivity contribution is 1.17. The maximum absolute atomic E-state index is 5.76. The van der Waals surface area contributed by atoms with Gasteiger partial charge in [0.2, 0.25) is 0 Å². The fraction of sp³-hybridized carbons (Fsp3) is 0.200. The molecule has 0 aliphatic rings. The Hall–Kier alpha value is -1.92. The first kappa shape index (κ1) is 14.0. The van der Waals surface area contributed by atoms with Crippen LogP contribution in [0.2, 0.25) is 0 Å². The number of benzene rings is 1. The normalized spacial score (nSPS) is 10.8. The van der Waals surface area contributed by atoms with Gasteiger partial charge in [-0.25, -0.2) is 9.97 Å². The standard InChI is InChI=1S/C15H16N4S2/c1-9-4-6-11(7-5-9)19(3)15-18-12(8-20-15)13-10(2)17-14(16)21-13/h4-8H,1-3H3,(H2,16,17). The number of thiazole rings is 2. The van der Waals surface area contributed by atoms with E-state index in [0.717, 1.165) is 27.1 Å². The molecule has 2 aromatic heterocycles. The van der Waals surface area contributed by atoms with Crippen LogP contribution in [0, 0.1) is 13.8 Å². The summed E-state index contributed by atoms with van der Waals surface area (Å²) in [6, 6.07) is 8.42. The number of aryl methyl sites for hydroxylation is 2. The monoisotopic (exact) mass is 316 g/mol. The molecule has 1 aromatic carbocycles. The highest BCUT2D eigenvalue weighted by atomic mass is 32.1. The number of nitrogens with zero attached hydrogens (tertiary/aromatic N) is 3. The van der Waals surface area contributed by atoms with Gasteiger partial charge in [0.05, 0.1) is 16.3 Å². The highest BCUT2D eigenvalue weighted by molar-refractivity contribution is 7.19. The molecule has 0 amide bonds. The summed E-state index contributed by atoms with van der Waals surface area (Å²) < 4.78 is 0. The van der Waals surface area contributed by atoms with Crippen LogP contribution in [0.1, 0.15) is 11.3 Å². The van der Waals surface area contributed by atoms with E-state index >= 15 is 0 Å². The first-order valence-corrected chi connectivity index (χ1v) is 8.23. The van der Waals surface area contributed by atoms with Gasteiger partial charge in [-0.3, -0.25) is 0 Å². The van der Waals surface area contributed by atoms with Crippen molar-refractivity contribution in [2.75, 3.05) is 17.7 Å². The topological polar surface area (TPSA) is 55.0 Å². The highest BCUT2D eigenvalue weighted by Crippen LogP contribution is 2.35. The van der Waals surface area contributed by atoms with E-state index in [1.165, 1.54) is 16.9 Å². The van der Waals surface area contributed by atoms with E-state index in [-0.39, 0.29) is 0 Å². The predicted octanol–water partition coefficient (Wildman–Crippen LogP) is 4.23. The molecule has 21 heavy (non-hydrogen) atoms. The number of aromatic nitrogens is 2. The van der Waals surface area contributed by atoms with Crippen molar-refractivity contribution in [2.45, 2.75) is 13.8 Å². The third-order valence-electron chi connectivity index (χ3n) is 3.25. The largest absolute Gasteiger partial charge is 0.375 e. The molecule has 3 aromatic rings.